The Hall–Kier alpha value is -0.483. The summed E-state index contributed by atoms with van der Waals surface area (Å²) in [5.41, 5.74) is 0.493. The minimum absolute atomic E-state index is 0.149. The van der Waals surface area contributed by atoms with Crippen LogP contribution in [0.25, 0.3) is 0 Å². The van der Waals surface area contributed by atoms with Crippen LogP contribution in [0.5, 0.6) is 0 Å². The van der Waals surface area contributed by atoms with Gasteiger partial charge in [-0.3, -0.25) is 0 Å². The zero-order valence-electron chi connectivity index (χ0n) is 13.6. The third-order valence-electron chi connectivity index (χ3n) is 3.03. The summed E-state index contributed by atoms with van der Waals surface area (Å²) in [6.45, 7) is 20.5. The fourth-order valence-electron chi connectivity index (χ4n) is 2.15. The van der Waals surface area contributed by atoms with Crippen molar-refractivity contribution >= 4 is 9.28 Å². The van der Waals surface area contributed by atoms with Crippen LogP contribution in [0.2, 0.25) is 0 Å². The predicted octanol–water partition coefficient (Wildman–Crippen LogP) is 2.78. The molecule has 0 amide bonds. The summed E-state index contributed by atoms with van der Waals surface area (Å²) in [6.07, 6.45) is 4.53. The molecule has 0 fully saturated rings. The molecule has 1 aliphatic heterocycles. The highest BCUT2D eigenvalue weighted by Gasteiger charge is 2.41. The van der Waals surface area contributed by atoms with E-state index in [1.165, 1.54) is 0 Å². The van der Waals surface area contributed by atoms with E-state index in [2.05, 4.69) is 88.8 Å². The van der Waals surface area contributed by atoms with E-state index in [4.69, 9.17) is 0 Å². The first-order chi connectivity index (χ1) is 7.82. The van der Waals surface area contributed by atoms with E-state index >= 15 is 0 Å². The summed E-state index contributed by atoms with van der Waals surface area (Å²) in [5.74, 6) is 0. The fraction of sp³-hybridized carbons (Fsp3) is 0.857. The quantitative estimate of drug-likeness (QED) is 0.739. The molecule has 1 aliphatic rings. The van der Waals surface area contributed by atoms with E-state index in [1.54, 1.807) is 0 Å². The Morgan fingerprint density at radius 2 is 1.06 bits per heavy atom. The standard InChI is InChI=1S/C14H31N3Si/c1-12(2,3)15-18-16(13(4,5)6)10-11-17(18)14(7,8)9/h10-11,15,18H,1-9H3. The Morgan fingerprint density at radius 3 is 1.28 bits per heavy atom. The van der Waals surface area contributed by atoms with Gasteiger partial charge in [0.05, 0.1) is 0 Å². The third-order valence-corrected chi connectivity index (χ3v) is 7.10. The highest BCUT2D eigenvalue weighted by molar-refractivity contribution is 6.52. The average Bonchev–Trinajstić information content (AvgIpc) is 2.41. The molecule has 0 bridgehead atoms. The smallest absolute Gasteiger partial charge is 0.330 e. The van der Waals surface area contributed by atoms with Gasteiger partial charge in [0.25, 0.3) is 0 Å². The van der Waals surface area contributed by atoms with Crippen molar-refractivity contribution in [3.8, 4) is 0 Å². The van der Waals surface area contributed by atoms with Crippen molar-refractivity contribution in [2.75, 3.05) is 0 Å². The van der Waals surface area contributed by atoms with Crippen LogP contribution in [-0.2, 0) is 0 Å². The first kappa shape index (κ1) is 15.6. The summed E-state index contributed by atoms with van der Waals surface area (Å²) < 4.78 is 5.06. The molecule has 106 valence electrons. The Labute approximate surface area is 115 Å². The number of nitrogens with one attached hydrogen (secondary N) is 1. The van der Waals surface area contributed by atoms with Crippen LogP contribution < -0.4 is 4.98 Å². The summed E-state index contributed by atoms with van der Waals surface area (Å²) in [4.78, 5) is 3.86. The van der Waals surface area contributed by atoms with Gasteiger partial charge in [0.15, 0.2) is 0 Å². The van der Waals surface area contributed by atoms with Gasteiger partial charge in [-0.2, -0.15) is 0 Å². The molecule has 0 radical (unpaired) electrons. The van der Waals surface area contributed by atoms with Crippen LogP contribution in [0.15, 0.2) is 12.4 Å². The van der Waals surface area contributed by atoms with Crippen molar-refractivity contribution in [1.82, 2.24) is 14.1 Å². The van der Waals surface area contributed by atoms with Gasteiger partial charge in [-0.05, 0) is 62.3 Å². The van der Waals surface area contributed by atoms with Crippen LogP contribution in [0.1, 0.15) is 62.3 Å². The molecule has 0 aromatic heterocycles. The summed E-state index contributed by atoms with van der Waals surface area (Å²) in [6, 6.07) is 0. The maximum absolute atomic E-state index is 3.86. The Morgan fingerprint density at radius 1 is 0.722 bits per heavy atom. The second-order valence-electron chi connectivity index (χ2n) is 8.22. The maximum Gasteiger partial charge on any atom is 0.330 e. The van der Waals surface area contributed by atoms with E-state index in [1.807, 2.05) is 0 Å². The van der Waals surface area contributed by atoms with Gasteiger partial charge in [0.1, 0.15) is 0 Å². The molecule has 0 aromatic rings. The number of hydrogen-bond acceptors (Lipinski definition) is 3. The van der Waals surface area contributed by atoms with E-state index in [0.29, 0.717) is 0 Å². The number of hydrogen-bond donors (Lipinski definition) is 1. The first-order valence-corrected chi connectivity index (χ1v) is 8.46. The summed E-state index contributed by atoms with van der Waals surface area (Å²) in [7, 11) is -1.38. The molecule has 1 rings (SSSR count). The molecule has 0 spiro atoms. The van der Waals surface area contributed by atoms with Crippen molar-refractivity contribution in [3.63, 3.8) is 0 Å². The molecule has 18 heavy (non-hydrogen) atoms. The van der Waals surface area contributed by atoms with Gasteiger partial charge in [-0.25, -0.2) is 0 Å². The summed E-state index contributed by atoms with van der Waals surface area (Å²) in [5, 5.41) is 0. The van der Waals surface area contributed by atoms with E-state index in [9.17, 15) is 0 Å². The maximum atomic E-state index is 3.86. The van der Waals surface area contributed by atoms with Crippen molar-refractivity contribution in [2.24, 2.45) is 0 Å². The van der Waals surface area contributed by atoms with Gasteiger partial charge in [-0.1, -0.05) is 0 Å². The molecular formula is C14H31N3Si. The Balaban J connectivity index is 3.01. The molecule has 0 atom stereocenters. The molecule has 0 aromatic carbocycles. The minimum Gasteiger partial charge on any atom is -0.371 e. The molecule has 3 nitrogen and oxygen atoms in total. The molecule has 0 aliphatic carbocycles. The van der Waals surface area contributed by atoms with Crippen molar-refractivity contribution in [3.05, 3.63) is 12.4 Å². The lowest BCUT2D eigenvalue weighted by Crippen LogP contribution is -2.67. The SMILES string of the molecule is CC(C)(C)N[SiH]1N(C(C)(C)C)C=CN1C(C)(C)C. The van der Waals surface area contributed by atoms with Crippen LogP contribution in [0.3, 0.4) is 0 Å². The van der Waals surface area contributed by atoms with E-state index in [-0.39, 0.29) is 16.6 Å². The van der Waals surface area contributed by atoms with Crippen molar-refractivity contribution < 1.29 is 0 Å². The highest BCUT2D eigenvalue weighted by Crippen LogP contribution is 2.28. The highest BCUT2D eigenvalue weighted by atomic mass is 28.3. The van der Waals surface area contributed by atoms with E-state index < -0.39 is 9.28 Å². The second-order valence-corrected chi connectivity index (χ2v) is 10.4. The molecule has 0 saturated heterocycles. The molecule has 0 saturated carbocycles. The number of rotatable bonds is 1. The molecular weight excluding hydrogens is 238 g/mol. The van der Waals surface area contributed by atoms with Crippen molar-refractivity contribution in [1.29, 1.82) is 0 Å². The molecule has 0 unspecified atom stereocenters. The lowest BCUT2D eigenvalue weighted by atomic mass is 10.1. The topological polar surface area (TPSA) is 18.5 Å². The Bertz CT molecular complexity index is 293. The number of nitrogens with zero attached hydrogens (tertiary/aromatic N) is 2. The third kappa shape index (κ3) is 3.75. The predicted molar refractivity (Wildman–Crippen MR) is 82.4 cm³/mol. The van der Waals surface area contributed by atoms with Gasteiger partial charge in [-0.15, -0.1) is 0 Å². The first-order valence-electron chi connectivity index (χ1n) is 6.85. The molecule has 1 N–H and O–H groups in total. The van der Waals surface area contributed by atoms with Gasteiger partial charge in [0, 0.05) is 29.0 Å². The van der Waals surface area contributed by atoms with Crippen LogP contribution in [-0.4, -0.2) is 35.0 Å². The largest absolute Gasteiger partial charge is 0.371 e. The van der Waals surface area contributed by atoms with Crippen LogP contribution in [0, 0.1) is 0 Å². The van der Waals surface area contributed by atoms with Crippen molar-refractivity contribution in [2.45, 2.75) is 78.9 Å². The second kappa shape index (κ2) is 4.56. The molecule has 1 heterocycles. The van der Waals surface area contributed by atoms with Crippen LogP contribution in [0.4, 0.5) is 0 Å². The fourth-order valence-corrected chi connectivity index (χ4v) is 5.42. The monoisotopic (exact) mass is 269 g/mol. The summed E-state index contributed by atoms with van der Waals surface area (Å²) >= 11 is 0. The lowest BCUT2D eigenvalue weighted by molar-refractivity contribution is 0.263. The van der Waals surface area contributed by atoms with Crippen LogP contribution >= 0.6 is 0 Å². The molecule has 4 heteroatoms. The minimum atomic E-state index is -1.38. The lowest BCUT2D eigenvalue weighted by Gasteiger charge is -2.46. The van der Waals surface area contributed by atoms with E-state index in [0.717, 1.165) is 0 Å². The van der Waals surface area contributed by atoms with Gasteiger partial charge < -0.3 is 14.1 Å². The Kier molecular flexibility index (Phi) is 3.95. The van der Waals surface area contributed by atoms with Gasteiger partial charge >= 0.3 is 9.28 Å². The zero-order chi connectivity index (χ0) is 14.4. The van der Waals surface area contributed by atoms with Gasteiger partial charge in [0.2, 0.25) is 0 Å². The zero-order valence-corrected chi connectivity index (χ0v) is 14.8. The normalized spacial score (nSPS) is 18.9. The average molecular weight is 270 g/mol.